The first-order chi connectivity index (χ1) is 21.6. The van der Waals surface area contributed by atoms with Gasteiger partial charge in [0, 0.05) is 30.4 Å². The number of amides is 1. The molecule has 2 N–H and O–H groups in total. The Balaban J connectivity index is 1.82. The van der Waals surface area contributed by atoms with Gasteiger partial charge in [-0.2, -0.15) is 18.3 Å². The summed E-state index contributed by atoms with van der Waals surface area (Å²) in [7, 11) is 3.45. The van der Waals surface area contributed by atoms with Gasteiger partial charge in [0.25, 0.3) is 5.56 Å². The van der Waals surface area contributed by atoms with Crippen LogP contribution in [0.3, 0.4) is 0 Å². The van der Waals surface area contributed by atoms with Crippen LogP contribution in [-0.2, 0) is 22.2 Å². The molecule has 1 aromatic carbocycles. The molecule has 2 atom stereocenters. The molecule has 0 aliphatic carbocycles. The SMILES string of the molecule is Cc1cccc(C)c1-c1cc(C(CC(=O)O)NC(=O)C(CC(C)C)n2cc(CCN(C)C)c(C(F)(F)F)cc2=O)n2nccc2n1. The van der Waals surface area contributed by atoms with E-state index in [0.717, 1.165) is 27.5 Å². The molecule has 0 spiro atoms. The largest absolute Gasteiger partial charge is 0.481 e. The van der Waals surface area contributed by atoms with Crippen LogP contribution in [0, 0.1) is 19.8 Å². The minimum Gasteiger partial charge on any atom is -0.481 e. The number of benzene rings is 1. The number of hydrogen-bond donors (Lipinski definition) is 2. The van der Waals surface area contributed by atoms with Crippen molar-refractivity contribution in [3.05, 3.63) is 87.1 Å². The molecule has 1 amide bonds. The van der Waals surface area contributed by atoms with Crippen molar-refractivity contribution in [1.82, 2.24) is 29.4 Å². The summed E-state index contributed by atoms with van der Waals surface area (Å²) in [5.74, 6) is -2.04. The van der Waals surface area contributed by atoms with Crippen molar-refractivity contribution in [3.63, 3.8) is 0 Å². The van der Waals surface area contributed by atoms with Crippen LogP contribution in [0.25, 0.3) is 16.9 Å². The molecule has 0 bridgehead atoms. The van der Waals surface area contributed by atoms with Gasteiger partial charge < -0.3 is 19.9 Å². The Labute approximate surface area is 264 Å². The van der Waals surface area contributed by atoms with E-state index in [1.807, 2.05) is 45.9 Å². The Bertz CT molecular complexity index is 1770. The van der Waals surface area contributed by atoms with E-state index in [4.69, 9.17) is 4.98 Å². The van der Waals surface area contributed by atoms with E-state index in [0.29, 0.717) is 23.1 Å². The fourth-order valence-electron chi connectivity index (χ4n) is 5.64. The average Bonchev–Trinajstić information content (AvgIpc) is 3.42. The first-order valence-corrected chi connectivity index (χ1v) is 15.0. The third kappa shape index (κ3) is 7.82. The lowest BCUT2D eigenvalue weighted by molar-refractivity contribution is -0.139. The van der Waals surface area contributed by atoms with Gasteiger partial charge in [-0.1, -0.05) is 32.0 Å². The van der Waals surface area contributed by atoms with Crippen LogP contribution < -0.4 is 10.9 Å². The van der Waals surface area contributed by atoms with E-state index in [9.17, 15) is 32.7 Å². The number of aromatic nitrogens is 4. The number of halogens is 3. The minimum atomic E-state index is -4.76. The lowest BCUT2D eigenvalue weighted by atomic mass is 9.97. The van der Waals surface area contributed by atoms with E-state index >= 15 is 0 Å². The molecule has 0 aliphatic rings. The number of aryl methyl sites for hydroxylation is 2. The highest BCUT2D eigenvalue weighted by Gasteiger charge is 2.36. The summed E-state index contributed by atoms with van der Waals surface area (Å²) in [5, 5.41) is 17.0. The number of likely N-dealkylation sites (N-methyl/N-ethyl adjacent to an activating group) is 1. The summed E-state index contributed by atoms with van der Waals surface area (Å²) in [6.45, 7) is 7.81. The van der Waals surface area contributed by atoms with Gasteiger partial charge in [0.15, 0.2) is 5.65 Å². The van der Waals surface area contributed by atoms with Gasteiger partial charge in [-0.15, -0.1) is 0 Å². The Morgan fingerprint density at radius 1 is 1.09 bits per heavy atom. The zero-order valence-corrected chi connectivity index (χ0v) is 26.7. The maximum Gasteiger partial charge on any atom is 0.416 e. The fourth-order valence-corrected chi connectivity index (χ4v) is 5.64. The first kappa shape index (κ1) is 34.4. The van der Waals surface area contributed by atoms with E-state index in [1.165, 1.54) is 10.7 Å². The maximum atomic E-state index is 14.1. The summed E-state index contributed by atoms with van der Waals surface area (Å²) in [4.78, 5) is 45.8. The molecule has 4 aromatic rings. The van der Waals surface area contributed by atoms with Gasteiger partial charge in [-0.25, -0.2) is 9.50 Å². The number of aliphatic carboxylic acids is 1. The zero-order chi connectivity index (χ0) is 33.9. The molecule has 0 fully saturated rings. The van der Waals surface area contributed by atoms with Crippen molar-refractivity contribution >= 4 is 17.5 Å². The number of carbonyl (C=O) groups excluding carboxylic acids is 1. The molecule has 0 radical (unpaired) electrons. The summed E-state index contributed by atoms with van der Waals surface area (Å²) in [5.41, 5.74) is 1.96. The Morgan fingerprint density at radius 3 is 2.35 bits per heavy atom. The maximum absolute atomic E-state index is 14.1. The molecule has 10 nitrogen and oxygen atoms in total. The second-order valence-electron chi connectivity index (χ2n) is 12.2. The molecule has 0 aliphatic heterocycles. The van der Waals surface area contributed by atoms with Crippen molar-refractivity contribution in [2.75, 3.05) is 20.6 Å². The van der Waals surface area contributed by atoms with Crippen molar-refractivity contribution in [3.8, 4) is 11.3 Å². The predicted molar refractivity (Wildman–Crippen MR) is 167 cm³/mol. The topological polar surface area (TPSA) is 122 Å². The number of rotatable bonds is 12. The summed E-state index contributed by atoms with van der Waals surface area (Å²) in [6, 6.07) is 7.35. The van der Waals surface area contributed by atoms with Crippen LogP contribution in [0.5, 0.6) is 0 Å². The number of nitrogens with one attached hydrogen (secondary N) is 1. The van der Waals surface area contributed by atoms with Crippen LogP contribution in [0.1, 0.15) is 66.7 Å². The number of alkyl halides is 3. The van der Waals surface area contributed by atoms with Crippen LogP contribution in [0.4, 0.5) is 13.2 Å². The van der Waals surface area contributed by atoms with E-state index in [2.05, 4.69) is 10.4 Å². The molecular weight excluding hydrogens is 601 g/mol. The number of carboxylic acid groups (broad SMARTS) is 1. The Hall–Kier alpha value is -4.52. The molecule has 3 aromatic heterocycles. The van der Waals surface area contributed by atoms with Crippen molar-refractivity contribution in [2.45, 2.75) is 65.2 Å². The quantitative estimate of drug-likeness (QED) is 0.218. The third-order valence-corrected chi connectivity index (χ3v) is 7.81. The van der Waals surface area contributed by atoms with E-state index < -0.39 is 47.7 Å². The van der Waals surface area contributed by atoms with Crippen molar-refractivity contribution in [2.24, 2.45) is 5.92 Å². The lowest BCUT2D eigenvalue weighted by Gasteiger charge is -2.26. The zero-order valence-electron chi connectivity index (χ0n) is 26.7. The monoisotopic (exact) mass is 640 g/mol. The fraction of sp³-hybridized carbons (Fsp3) is 0.424. The lowest BCUT2D eigenvalue weighted by Crippen LogP contribution is -2.41. The summed E-state index contributed by atoms with van der Waals surface area (Å²) < 4.78 is 44.3. The highest BCUT2D eigenvalue weighted by atomic mass is 19.4. The number of fused-ring (bicyclic) bond motifs is 1. The van der Waals surface area contributed by atoms with Gasteiger partial charge in [-0.3, -0.25) is 14.4 Å². The van der Waals surface area contributed by atoms with Gasteiger partial charge in [0.05, 0.1) is 35.6 Å². The predicted octanol–water partition coefficient (Wildman–Crippen LogP) is 5.22. The summed E-state index contributed by atoms with van der Waals surface area (Å²) >= 11 is 0. The van der Waals surface area contributed by atoms with Crippen LogP contribution in [-0.4, -0.2) is 61.7 Å². The van der Waals surface area contributed by atoms with Crippen LogP contribution in [0.15, 0.2) is 53.6 Å². The van der Waals surface area contributed by atoms with Crippen molar-refractivity contribution in [1.29, 1.82) is 0 Å². The molecular formula is C33H39F3N6O4. The molecule has 4 rings (SSSR count). The van der Waals surface area contributed by atoms with Gasteiger partial charge in [-0.05, 0) is 69.5 Å². The van der Waals surface area contributed by atoms with Gasteiger partial charge in [0.1, 0.15) is 6.04 Å². The van der Waals surface area contributed by atoms with E-state index in [-0.39, 0.29) is 30.9 Å². The minimum absolute atomic E-state index is 0.00479. The molecule has 0 saturated heterocycles. The Kier molecular flexibility index (Phi) is 10.3. The highest BCUT2D eigenvalue weighted by molar-refractivity contribution is 5.82. The number of carboxylic acids is 1. The van der Waals surface area contributed by atoms with Crippen molar-refractivity contribution < 1.29 is 27.9 Å². The highest BCUT2D eigenvalue weighted by Crippen LogP contribution is 2.33. The standard InChI is InChI=1S/C33H39F3N6O4/c1-19(2)14-27(41-18-22(11-13-40(5)6)23(15-29(41)43)33(34,35)36)32(46)39-24(17-30(44)45)26-16-25(38-28-10-12-37-42(26)28)31-20(3)8-7-9-21(31)4/h7-10,12,15-16,18-19,24,27H,11,13-14,17H2,1-6H3,(H,39,46)(H,44,45). The Morgan fingerprint density at radius 2 is 1.76 bits per heavy atom. The molecule has 13 heteroatoms. The smallest absolute Gasteiger partial charge is 0.416 e. The number of hydrogen-bond acceptors (Lipinski definition) is 6. The normalized spacial score (nSPS) is 13.4. The molecule has 2 unspecified atom stereocenters. The summed E-state index contributed by atoms with van der Waals surface area (Å²) in [6.07, 6.45) is -2.54. The molecule has 0 saturated carbocycles. The number of carbonyl (C=O) groups is 2. The van der Waals surface area contributed by atoms with Gasteiger partial charge >= 0.3 is 12.1 Å². The van der Waals surface area contributed by atoms with Crippen LogP contribution >= 0.6 is 0 Å². The first-order valence-electron chi connectivity index (χ1n) is 15.0. The third-order valence-electron chi connectivity index (χ3n) is 7.81. The average molecular weight is 641 g/mol. The number of pyridine rings is 1. The molecule has 246 valence electrons. The molecule has 3 heterocycles. The second kappa shape index (κ2) is 13.9. The van der Waals surface area contributed by atoms with E-state index in [1.54, 1.807) is 31.1 Å². The molecule has 46 heavy (non-hydrogen) atoms. The van der Waals surface area contributed by atoms with Gasteiger partial charge in [0.2, 0.25) is 5.91 Å². The number of nitrogens with zero attached hydrogens (tertiary/aromatic N) is 5. The second-order valence-corrected chi connectivity index (χ2v) is 12.2. The van der Waals surface area contributed by atoms with Crippen LogP contribution in [0.2, 0.25) is 0 Å².